The second-order valence-corrected chi connectivity index (χ2v) is 8.17. The molecule has 1 amide bonds. The van der Waals surface area contributed by atoms with E-state index in [0.29, 0.717) is 42.8 Å². The molecule has 0 unspecified atom stereocenters. The number of ketones is 1. The van der Waals surface area contributed by atoms with Gasteiger partial charge in [-0.15, -0.1) is 21.5 Å². The zero-order valence-corrected chi connectivity index (χ0v) is 16.2. The number of thiophene rings is 1. The first-order valence-corrected chi connectivity index (χ1v) is 10.4. The topological polar surface area (TPSA) is 76.8 Å². The summed E-state index contributed by atoms with van der Waals surface area (Å²) in [5, 5.41) is 8.90. The molecule has 0 spiro atoms. The maximum absolute atomic E-state index is 12.5. The summed E-state index contributed by atoms with van der Waals surface area (Å²) in [6.45, 7) is 2.46. The Bertz CT molecular complexity index is 962. The van der Waals surface area contributed by atoms with Crippen molar-refractivity contribution in [1.82, 2.24) is 19.5 Å². The van der Waals surface area contributed by atoms with Gasteiger partial charge in [-0.25, -0.2) is 0 Å². The number of pyridine rings is 1. The lowest BCUT2D eigenvalue weighted by molar-refractivity contribution is -0.134. The van der Waals surface area contributed by atoms with Gasteiger partial charge in [0.2, 0.25) is 5.91 Å². The molecule has 4 rings (SSSR count). The second-order valence-electron chi connectivity index (χ2n) is 6.06. The van der Waals surface area contributed by atoms with Gasteiger partial charge in [-0.2, -0.15) is 0 Å². The van der Waals surface area contributed by atoms with Crippen LogP contribution in [0.4, 0.5) is 0 Å². The molecular weight excluding hydrogens is 384 g/mol. The van der Waals surface area contributed by atoms with Gasteiger partial charge in [0.15, 0.2) is 16.6 Å². The summed E-state index contributed by atoms with van der Waals surface area (Å²) in [5.74, 6) is 0.402. The highest BCUT2D eigenvalue weighted by Gasteiger charge is 2.19. The van der Waals surface area contributed by atoms with Crippen molar-refractivity contribution in [3.8, 4) is 0 Å². The van der Waals surface area contributed by atoms with Crippen LogP contribution in [0.1, 0.15) is 14.5 Å². The SMILES string of the molecule is O=C(CSc1nnc2ccccn12)c1ccc(CC(=O)N2CCOCC2)s1. The van der Waals surface area contributed by atoms with Crippen LogP contribution in [-0.2, 0) is 16.0 Å². The molecule has 0 aliphatic carbocycles. The Morgan fingerprint density at radius 3 is 2.85 bits per heavy atom. The molecular formula is C18H18N4O3S2. The molecule has 4 heterocycles. The smallest absolute Gasteiger partial charge is 0.227 e. The molecule has 0 atom stereocenters. The molecule has 1 saturated heterocycles. The number of hydrogen-bond acceptors (Lipinski definition) is 7. The average Bonchev–Trinajstić information content (AvgIpc) is 3.34. The van der Waals surface area contributed by atoms with E-state index < -0.39 is 0 Å². The molecule has 1 aliphatic heterocycles. The summed E-state index contributed by atoms with van der Waals surface area (Å²) in [4.78, 5) is 28.2. The number of carbonyl (C=O) groups excluding carboxylic acids is 2. The lowest BCUT2D eigenvalue weighted by Crippen LogP contribution is -2.41. The molecule has 3 aromatic rings. The van der Waals surface area contributed by atoms with E-state index in [0.717, 1.165) is 10.5 Å². The number of ether oxygens (including phenoxy) is 1. The Hall–Kier alpha value is -2.23. The minimum Gasteiger partial charge on any atom is -0.378 e. The van der Waals surface area contributed by atoms with E-state index in [9.17, 15) is 9.59 Å². The van der Waals surface area contributed by atoms with E-state index in [1.165, 1.54) is 23.1 Å². The van der Waals surface area contributed by atoms with E-state index in [2.05, 4.69) is 10.2 Å². The van der Waals surface area contributed by atoms with Crippen molar-refractivity contribution >= 4 is 40.4 Å². The van der Waals surface area contributed by atoms with Gasteiger partial charge in [0.05, 0.1) is 30.3 Å². The highest BCUT2D eigenvalue weighted by atomic mass is 32.2. The zero-order valence-electron chi connectivity index (χ0n) is 14.5. The fourth-order valence-electron chi connectivity index (χ4n) is 2.82. The Labute approximate surface area is 164 Å². The molecule has 0 aromatic carbocycles. The molecule has 7 nitrogen and oxygen atoms in total. The largest absolute Gasteiger partial charge is 0.378 e. The lowest BCUT2D eigenvalue weighted by Gasteiger charge is -2.26. The Morgan fingerprint density at radius 1 is 1.15 bits per heavy atom. The van der Waals surface area contributed by atoms with Crippen LogP contribution < -0.4 is 0 Å². The summed E-state index contributed by atoms with van der Waals surface area (Å²) >= 11 is 2.75. The van der Waals surface area contributed by atoms with Gasteiger partial charge in [-0.05, 0) is 24.3 Å². The van der Waals surface area contributed by atoms with Crippen LogP contribution in [0.15, 0.2) is 41.7 Å². The summed E-state index contributed by atoms with van der Waals surface area (Å²) in [6, 6.07) is 9.34. The molecule has 9 heteroatoms. The molecule has 0 saturated carbocycles. The predicted molar refractivity (Wildman–Crippen MR) is 103 cm³/mol. The van der Waals surface area contributed by atoms with Gasteiger partial charge >= 0.3 is 0 Å². The van der Waals surface area contributed by atoms with E-state index in [1.807, 2.05) is 39.8 Å². The number of nitrogens with zero attached hydrogens (tertiary/aromatic N) is 4. The standard InChI is InChI=1S/C18H18N4O3S2/c23-14(12-26-18-20-19-16-3-1-2-6-22(16)18)15-5-4-13(27-15)11-17(24)21-7-9-25-10-8-21/h1-6H,7-12H2. The Kier molecular flexibility index (Phi) is 5.51. The molecule has 0 radical (unpaired) electrons. The lowest BCUT2D eigenvalue weighted by atomic mass is 10.3. The molecule has 3 aromatic heterocycles. The Morgan fingerprint density at radius 2 is 2.00 bits per heavy atom. The number of carbonyl (C=O) groups is 2. The van der Waals surface area contributed by atoms with Gasteiger partial charge < -0.3 is 9.64 Å². The van der Waals surface area contributed by atoms with Crippen molar-refractivity contribution in [1.29, 1.82) is 0 Å². The van der Waals surface area contributed by atoms with Crippen molar-refractivity contribution < 1.29 is 14.3 Å². The third-order valence-corrected chi connectivity index (χ3v) is 6.31. The number of aromatic nitrogens is 3. The van der Waals surface area contributed by atoms with Gasteiger partial charge in [-0.3, -0.25) is 14.0 Å². The first-order valence-electron chi connectivity index (χ1n) is 8.61. The third-order valence-electron chi connectivity index (χ3n) is 4.24. The first kappa shape index (κ1) is 18.1. The van der Waals surface area contributed by atoms with E-state index in [4.69, 9.17) is 4.74 Å². The first-order chi connectivity index (χ1) is 13.2. The van der Waals surface area contributed by atoms with Crippen molar-refractivity contribution in [3.63, 3.8) is 0 Å². The fraction of sp³-hybridized carbons (Fsp3) is 0.333. The van der Waals surface area contributed by atoms with Gasteiger partial charge in [0.1, 0.15) is 0 Å². The normalized spacial score (nSPS) is 14.6. The minimum atomic E-state index is 0.0303. The summed E-state index contributed by atoms with van der Waals surface area (Å²) in [5.41, 5.74) is 0.757. The molecule has 0 bridgehead atoms. The van der Waals surface area contributed by atoms with Crippen LogP contribution in [0.2, 0.25) is 0 Å². The van der Waals surface area contributed by atoms with Crippen LogP contribution in [0.3, 0.4) is 0 Å². The number of hydrogen-bond donors (Lipinski definition) is 0. The number of Topliss-reactive ketones (excluding diaryl/α,β-unsaturated/α-hetero) is 1. The zero-order chi connectivity index (χ0) is 18.6. The van der Waals surface area contributed by atoms with Gasteiger partial charge in [-0.1, -0.05) is 17.8 Å². The maximum Gasteiger partial charge on any atom is 0.227 e. The van der Waals surface area contributed by atoms with Crippen molar-refractivity contribution in [2.75, 3.05) is 32.1 Å². The maximum atomic E-state index is 12.5. The quantitative estimate of drug-likeness (QED) is 0.465. The summed E-state index contributed by atoms with van der Waals surface area (Å²) in [7, 11) is 0. The van der Waals surface area contributed by atoms with Gasteiger partial charge in [0, 0.05) is 24.2 Å². The van der Waals surface area contributed by atoms with Crippen molar-refractivity contribution in [2.45, 2.75) is 11.6 Å². The predicted octanol–water partition coefficient (Wildman–Crippen LogP) is 2.17. The Balaban J connectivity index is 1.35. The summed E-state index contributed by atoms with van der Waals surface area (Å²) in [6.07, 6.45) is 2.21. The second kappa shape index (κ2) is 8.20. The number of fused-ring (bicyclic) bond motifs is 1. The van der Waals surface area contributed by atoms with E-state index >= 15 is 0 Å². The number of amides is 1. The number of rotatable bonds is 6. The molecule has 1 fully saturated rings. The van der Waals surface area contributed by atoms with E-state index in [-0.39, 0.29) is 17.4 Å². The number of morpholine rings is 1. The van der Waals surface area contributed by atoms with Crippen molar-refractivity contribution in [2.24, 2.45) is 0 Å². The fourth-order valence-corrected chi connectivity index (χ4v) is 4.65. The van der Waals surface area contributed by atoms with Crippen LogP contribution in [-0.4, -0.2) is 63.2 Å². The van der Waals surface area contributed by atoms with Crippen LogP contribution in [0, 0.1) is 0 Å². The van der Waals surface area contributed by atoms with Crippen LogP contribution in [0.25, 0.3) is 5.65 Å². The molecule has 27 heavy (non-hydrogen) atoms. The molecule has 0 N–H and O–H groups in total. The van der Waals surface area contributed by atoms with Gasteiger partial charge in [0.25, 0.3) is 0 Å². The molecule has 140 valence electrons. The monoisotopic (exact) mass is 402 g/mol. The number of thioether (sulfide) groups is 1. The van der Waals surface area contributed by atoms with Crippen LogP contribution >= 0.6 is 23.1 Å². The molecule has 1 aliphatic rings. The highest BCUT2D eigenvalue weighted by Crippen LogP contribution is 2.23. The average molecular weight is 403 g/mol. The minimum absolute atomic E-state index is 0.0303. The van der Waals surface area contributed by atoms with E-state index in [1.54, 1.807) is 6.07 Å². The van der Waals surface area contributed by atoms with Crippen molar-refractivity contribution in [3.05, 3.63) is 46.3 Å². The summed E-state index contributed by atoms with van der Waals surface area (Å²) < 4.78 is 7.13. The third kappa shape index (κ3) is 4.20. The van der Waals surface area contributed by atoms with Crippen LogP contribution in [0.5, 0.6) is 0 Å². The highest BCUT2D eigenvalue weighted by molar-refractivity contribution is 7.99.